The topological polar surface area (TPSA) is 12.4 Å². The van der Waals surface area contributed by atoms with Crippen molar-refractivity contribution in [3.63, 3.8) is 0 Å². The minimum absolute atomic E-state index is 0.904. The van der Waals surface area contributed by atoms with Gasteiger partial charge in [-0.25, -0.2) is 0 Å². The van der Waals surface area contributed by atoms with Crippen molar-refractivity contribution in [3.05, 3.63) is 11.1 Å². The van der Waals surface area contributed by atoms with E-state index in [1.165, 1.54) is 31.3 Å². The van der Waals surface area contributed by atoms with Gasteiger partial charge in [0.1, 0.15) is 0 Å². The molecular weight excluding hydrogens is 170 g/mol. The molecule has 1 aliphatic carbocycles. The molecule has 0 saturated heterocycles. The van der Waals surface area contributed by atoms with Gasteiger partial charge in [0, 0.05) is 12.8 Å². The number of hydrogen-bond donors (Lipinski definition) is 0. The normalized spacial score (nSPS) is 23.5. The van der Waals surface area contributed by atoms with Crippen molar-refractivity contribution in [2.24, 2.45) is 10.9 Å². The molecule has 1 nitrogen and oxygen atoms in total. The highest BCUT2D eigenvalue weighted by atomic mass is 14.7. The highest BCUT2D eigenvalue weighted by Gasteiger charge is 2.15. The van der Waals surface area contributed by atoms with Crippen LogP contribution in [-0.4, -0.2) is 12.8 Å². The molecule has 1 aliphatic rings. The Morgan fingerprint density at radius 2 is 2.21 bits per heavy atom. The minimum atomic E-state index is 0.904. The largest absolute Gasteiger partial charge is 0.293 e. The van der Waals surface area contributed by atoms with Crippen LogP contribution in [0.5, 0.6) is 0 Å². The van der Waals surface area contributed by atoms with E-state index < -0.39 is 0 Å². The van der Waals surface area contributed by atoms with E-state index in [9.17, 15) is 0 Å². The smallest absolute Gasteiger partial charge is 0.0386 e. The molecule has 14 heavy (non-hydrogen) atoms. The van der Waals surface area contributed by atoms with Gasteiger partial charge in [0.25, 0.3) is 0 Å². The van der Waals surface area contributed by atoms with Gasteiger partial charge in [0.05, 0.1) is 0 Å². The first kappa shape index (κ1) is 11.5. The van der Waals surface area contributed by atoms with Crippen molar-refractivity contribution >= 4 is 6.21 Å². The first-order valence-corrected chi connectivity index (χ1v) is 5.96. The Kier molecular flexibility index (Phi) is 4.92. The van der Waals surface area contributed by atoms with E-state index in [-0.39, 0.29) is 0 Å². The Labute approximate surface area is 88.3 Å². The predicted molar refractivity (Wildman–Crippen MR) is 64.0 cm³/mol. The SMILES string of the molecule is CCCN=CC1=C(C)CCC(CC)C1. The molecule has 0 bridgehead atoms. The third kappa shape index (κ3) is 3.28. The Morgan fingerprint density at radius 1 is 1.43 bits per heavy atom. The van der Waals surface area contributed by atoms with Crippen molar-refractivity contribution in [2.45, 2.75) is 52.9 Å². The van der Waals surface area contributed by atoms with E-state index in [1.807, 2.05) is 0 Å². The fraction of sp³-hybridized carbons (Fsp3) is 0.769. The van der Waals surface area contributed by atoms with Gasteiger partial charge in [0.15, 0.2) is 0 Å². The van der Waals surface area contributed by atoms with Gasteiger partial charge in [-0.2, -0.15) is 0 Å². The van der Waals surface area contributed by atoms with Crippen LogP contribution in [0.25, 0.3) is 0 Å². The fourth-order valence-electron chi connectivity index (χ4n) is 1.98. The van der Waals surface area contributed by atoms with Gasteiger partial charge in [-0.15, -0.1) is 0 Å². The maximum Gasteiger partial charge on any atom is 0.0386 e. The zero-order valence-corrected chi connectivity index (χ0v) is 9.84. The first-order valence-electron chi connectivity index (χ1n) is 5.96. The van der Waals surface area contributed by atoms with Gasteiger partial charge in [-0.1, -0.05) is 25.8 Å². The van der Waals surface area contributed by atoms with Crippen molar-refractivity contribution < 1.29 is 0 Å². The standard InChI is InChI=1S/C13H23N/c1-4-8-14-10-13-9-12(5-2)7-6-11(13)3/h10,12H,4-9H2,1-3H3. The molecule has 1 rings (SSSR count). The van der Waals surface area contributed by atoms with Crippen LogP contribution in [0.3, 0.4) is 0 Å². The zero-order valence-electron chi connectivity index (χ0n) is 9.84. The lowest BCUT2D eigenvalue weighted by molar-refractivity contribution is 0.449. The molecule has 0 N–H and O–H groups in total. The van der Waals surface area contributed by atoms with E-state index >= 15 is 0 Å². The molecule has 0 spiro atoms. The summed E-state index contributed by atoms with van der Waals surface area (Å²) in [6, 6.07) is 0. The second kappa shape index (κ2) is 6.00. The molecule has 0 aromatic heterocycles. The number of aliphatic imine (C=N–C) groups is 1. The van der Waals surface area contributed by atoms with E-state index in [2.05, 4.69) is 32.0 Å². The fourth-order valence-corrected chi connectivity index (χ4v) is 1.98. The lowest BCUT2D eigenvalue weighted by atomic mass is 9.83. The predicted octanol–water partition coefficient (Wildman–Crippen LogP) is 3.99. The van der Waals surface area contributed by atoms with Crippen LogP contribution in [0.2, 0.25) is 0 Å². The van der Waals surface area contributed by atoms with Crippen LogP contribution in [0, 0.1) is 5.92 Å². The summed E-state index contributed by atoms with van der Waals surface area (Å²) in [7, 11) is 0. The molecule has 0 saturated carbocycles. The van der Waals surface area contributed by atoms with Crippen LogP contribution in [-0.2, 0) is 0 Å². The summed E-state index contributed by atoms with van der Waals surface area (Å²) < 4.78 is 0. The zero-order chi connectivity index (χ0) is 10.4. The third-order valence-electron chi connectivity index (χ3n) is 3.16. The summed E-state index contributed by atoms with van der Waals surface area (Å²) in [6.07, 6.45) is 8.52. The Morgan fingerprint density at radius 3 is 2.86 bits per heavy atom. The molecule has 1 unspecified atom stereocenters. The summed E-state index contributed by atoms with van der Waals surface area (Å²) >= 11 is 0. The van der Waals surface area contributed by atoms with Crippen LogP contribution in [0.15, 0.2) is 16.1 Å². The highest BCUT2D eigenvalue weighted by Crippen LogP contribution is 2.30. The van der Waals surface area contributed by atoms with E-state index in [0.717, 1.165) is 18.9 Å². The number of allylic oxidation sites excluding steroid dienone is 2. The highest BCUT2D eigenvalue weighted by molar-refractivity contribution is 5.79. The summed E-state index contributed by atoms with van der Waals surface area (Å²) in [5.41, 5.74) is 3.08. The average molecular weight is 193 g/mol. The van der Waals surface area contributed by atoms with Crippen LogP contribution in [0.4, 0.5) is 0 Å². The molecule has 80 valence electrons. The van der Waals surface area contributed by atoms with E-state index in [4.69, 9.17) is 0 Å². The lowest BCUT2D eigenvalue weighted by Gasteiger charge is -2.22. The van der Waals surface area contributed by atoms with Crippen molar-refractivity contribution in [1.29, 1.82) is 0 Å². The van der Waals surface area contributed by atoms with Gasteiger partial charge in [-0.05, 0) is 44.1 Å². The molecule has 0 fully saturated rings. The summed E-state index contributed by atoms with van der Waals surface area (Å²) in [5.74, 6) is 0.904. The Bertz CT molecular complexity index is 225. The van der Waals surface area contributed by atoms with Gasteiger partial charge in [0.2, 0.25) is 0 Å². The molecule has 1 atom stereocenters. The monoisotopic (exact) mass is 193 g/mol. The third-order valence-corrected chi connectivity index (χ3v) is 3.16. The van der Waals surface area contributed by atoms with Crippen molar-refractivity contribution in [1.82, 2.24) is 0 Å². The molecule has 0 aliphatic heterocycles. The van der Waals surface area contributed by atoms with E-state index in [1.54, 1.807) is 5.57 Å². The molecule has 0 radical (unpaired) electrons. The van der Waals surface area contributed by atoms with Gasteiger partial charge < -0.3 is 0 Å². The summed E-state index contributed by atoms with van der Waals surface area (Å²) in [5, 5.41) is 0. The maximum absolute atomic E-state index is 4.45. The molecule has 0 aromatic carbocycles. The molecule has 1 heteroatoms. The van der Waals surface area contributed by atoms with Crippen LogP contribution in [0.1, 0.15) is 52.9 Å². The van der Waals surface area contributed by atoms with Crippen molar-refractivity contribution in [3.8, 4) is 0 Å². The second-order valence-electron chi connectivity index (χ2n) is 4.36. The molecule has 0 amide bonds. The molecular formula is C13H23N. The Hall–Kier alpha value is -0.590. The summed E-state index contributed by atoms with van der Waals surface area (Å²) in [4.78, 5) is 4.45. The second-order valence-corrected chi connectivity index (χ2v) is 4.36. The quantitative estimate of drug-likeness (QED) is 0.599. The number of nitrogens with zero attached hydrogens (tertiary/aromatic N) is 1. The van der Waals surface area contributed by atoms with Crippen LogP contribution >= 0.6 is 0 Å². The van der Waals surface area contributed by atoms with Gasteiger partial charge in [-0.3, -0.25) is 4.99 Å². The molecule has 0 heterocycles. The summed E-state index contributed by atoms with van der Waals surface area (Å²) in [6.45, 7) is 7.72. The number of hydrogen-bond acceptors (Lipinski definition) is 1. The number of rotatable bonds is 4. The van der Waals surface area contributed by atoms with Crippen molar-refractivity contribution in [2.75, 3.05) is 6.54 Å². The maximum atomic E-state index is 4.45. The lowest BCUT2D eigenvalue weighted by Crippen LogP contribution is -2.09. The molecule has 0 aromatic rings. The van der Waals surface area contributed by atoms with Crippen LogP contribution < -0.4 is 0 Å². The first-order chi connectivity index (χ1) is 6.77. The van der Waals surface area contributed by atoms with E-state index in [0.29, 0.717) is 0 Å². The minimum Gasteiger partial charge on any atom is -0.293 e. The van der Waals surface area contributed by atoms with Gasteiger partial charge >= 0.3 is 0 Å². The average Bonchev–Trinajstić information content (AvgIpc) is 2.21. The Balaban J connectivity index is 2.55.